The molecule has 0 saturated heterocycles. The van der Waals surface area contributed by atoms with Gasteiger partial charge in [-0.15, -0.1) is 4.91 Å². The zero-order chi connectivity index (χ0) is 9.68. The monoisotopic (exact) mass is 177 g/mol. The van der Waals surface area contributed by atoms with Crippen molar-refractivity contribution in [3.63, 3.8) is 0 Å². The Balaban J connectivity index is 3.03. The van der Waals surface area contributed by atoms with E-state index in [0.717, 1.165) is 6.42 Å². The van der Waals surface area contributed by atoms with Gasteiger partial charge in [0.2, 0.25) is 0 Å². The third kappa shape index (κ3) is 2.40. The highest BCUT2D eigenvalue weighted by atomic mass is 16.3. The van der Waals surface area contributed by atoms with Gasteiger partial charge in [0, 0.05) is 5.56 Å². The standard InChI is InChI=1S/C10H11NO2/c1-2-3-4-8-7-9(11-13)5-6-10(8)12/h3-7,12H,2H2,1H3/b4-3-. The molecule has 0 bridgehead atoms. The van der Waals surface area contributed by atoms with Gasteiger partial charge in [0.25, 0.3) is 0 Å². The smallest absolute Gasteiger partial charge is 0.122 e. The molecule has 0 amide bonds. The minimum absolute atomic E-state index is 0.164. The van der Waals surface area contributed by atoms with Crippen LogP contribution in [-0.2, 0) is 0 Å². The topological polar surface area (TPSA) is 49.7 Å². The van der Waals surface area contributed by atoms with E-state index in [1.807, 2.05) is 13.0 Å². The average molecular weight is 177 g/mol. The van der Waals surface area contributed by atoms with Crippen LogP contribution < -0.4 is 0 Å². The van der Waals surface area contributed by atoms with E-state index >= 15 is 0 Å². The van der Waals surface area contributed by atoms with Crippen molar-refractivity contribution in [2.24, 2.45) is 5.18 Å². The van der Waals surface area contributed by atoms with Crippen LogP contribution in [0, 0.1) is 4.91 Å². The lowest BCUT2D eigenvalue weighted by molar-refractivity contribution is 0.474. The molecule has 0 aliphatic rings. The molecule has 0 aromatic heterocycles. The Labute approximate surface area is 76.7 Å². The highest BCUT2D eigenvalue weighted by Gasteiger charge is 1.98. The van der Waals surface area contributed by atoms with E-state index in [1.165, 1.54) is 12.1 Å². The zero-order valence-corrected chi connectivity index (χ0v) is 7.40. The minimum Gasteiger partial charge on any atom is -0.507 e. The third-order valence-corrected chi connectivity index (χ3v) is 1.65. The lowest BCUT2D eigenvalue weighted by Gasteiger charge is -1.98. The van der Waals surface area contributed by atoms with Gasteiger partial charge in [0.15, 0.2) is 0 Å². The predicted octanol–water partition coefficient (Wildman–Crippen LogP) is 3.21. The molecule has 1 N–H and O–H groups in total. The highest BCUT2D eigenvalue weighted by Crippen LogP contribution is 2.24. The maximum Gasteiger partial charge on any atom is 0.122 e. The molecule has 0 unspecified atom stereocenters. The van der Waals surface area contributed by atoms with Crippen LogP contribution in [0.2, 0.25) is 0 Å². The van der Waals surface area contributed by atoms with E-state index in [2.05, 4.69) is 5.18 Å². The maximum atomic E-state index is 10.2. The molecule has 0 aliphatic carbocycles. The molecule has 13 heavy (non-hydrogen) atoms. The first-order valence-electron chi connectivity index (χ1n) is 4.11. The normalized spacial score (nSPS) is 10.5. The van der Waals surface area contributed by atoms with Crippen LogP contribution in [0.25, 0.3) is 6.08 Å². The molecule has 1 aromatic carbocycles. The van der Waals surface area contributed by atoms with Crippen molar-refractivity contribution in [1.29, 1.82) is 0 Å². The Bertz CT molecular complexity index is 332. The summed E-state index contributed by atoms with van der Waals surface area (Å²) in [5.74, 6) is 0.164. The number of rotatable bonds is 3. The highest BCUT2D eigenvalue weighted by molar-refractivity contribution is 5.61. The number of phenolic OH excluding ortho intramolecular Hbond substituents is 1. The molecular formula is C10H11NO2. The predicted molar refractivity (Wildman–Crippen MR) is 52.9 cm³/mol. The van der Waals surface area contributed by atoms with Crippen LogP contribution >= 0.6 is 0 Å². The van der Waals surface area contributed by atoms with Crippen LogP contribution in [-0.4, -0.2) is 5.11 Å². The average Bonchev–Trinajstić information content (AvgIpc) is 2.17. The summed E-state index contributed by atoms with van der Waals surface area (Å²) in [6.07, 6.45) is 4.56. The molecule has 3 nitrogen and oxygen atoms in total. The summed E-state index contributed by atoms with van der Waals surface area (Å²) in [4.78, 5) is 10.2. The largest absolute Gasteiger partial charge is 0.507 e. The second-order valence-corrected chi connectivity index (χ2v) is 2.65. The molecule has 3 heteroatoms. The van der Waals surface area contributed by atoms with E-state index in [1.54, 1.807) is 12.1 Å². The number of nitroso groups, excluding NO2 is 1. The first kappa shape index (κ1) is 9.45. The number of aromatic hydroxyl groups is 1. The Hall–Kier alpha value is -1.64. The molecule has 1 rings (SSSR count). The fourth-order valence-electron chi connectivity index (χ4n) is 0.977. The third-order valence-electron chi connectivity index (χ3n) is 1.65. The minimum atomic E-state index is 0.164. The molecule has 0 spiro atoms. The van der Waals surface area contributed by atoms with Gasteiger partial charge in [-0.25, -0.2) is 0 Å². The van der Waals surface area contributed by atoms with Gasteiger partial charge in [0.1, 0.15) is 11.4 Å². The summed E-state index contributed by atoms with van der Waals surface area (Å²) in [5, 5.41) is 12.1. The van der Waals surface area contributed by atoms with Gasteiger partial charge in [-0.05, 0) is 29.8 Å². The maximum absolute atomic E-state index is 10.2. The Morgan fingerprint density at radius 3 is 2.92 bits per heavy atom. The lowest BCUT2D eigenvalue weighted by atomic mass is 10.1. The molecule has 1 aromatic rings. The summed E-state index contributed by atoms with van der Waals surface area (Å²) in [7, 11) is 0. The van der Waals surface area contributed by atoms with E-state index in [-0.39, 0.29) is 5.75 Å². The van der Waals surface area contributed by atoms with Crippen LogP contribution in [0.3, 0.4) is 0 Å². The van der Waals surface area contributed by atoms with E-state index in [9.17, 15) is 10.0 Å². The van der Waals surface area contributed by atoms with Gasteiger partial charge >= 0.3 is 0 Å². The van der Waals surface area contributed by atoms with E-state index in [0.29, 0.717) is 11.3 Å². The van der Waals surface area contributed by atoms with Crippen molar-refractivity contribution in [2.75, 3.05) is 0 Å². The Morgan fingerprint density at radius 1 is 1.54 bits per heavy atom. The van der Waals surface area contributed by atoms with Gasteiger partial charge in [-0.2, -0.15) is 0 Å². The zero-order valence-electron chi connectivity index (χ0n) is 7.40. The second kappa shape index (κ2) is 4.40. The fourth-order valence-corrected chi connectivity index (χ4v) is 0.977. The van der Waals surface area contributed by atoms with Crippen molar-refractivity contribution in [2.45, 2.75) is 13.3 Å². The molecule has 0 atom stereocenters. The van der Waals surface area contributed by atoms with Gasteiger partial charge in [-0.1, -0.05) is 19.1 Å². The van der Waals surface area contributed by atoms with Crippen molar-refractivity contribution in [1.82, 2.24) is 0 Å². The second-order valence-electron chi connectivity index (χ2n) is 2.65. The molecule has 0 radical (unpaired) electrons. The van der Waals surface area contributed by atoms with E-state index in [4.69, 9.17) is 0 Å². The van der Waals surface area contributed by atoms with Crippen LogP contribution in [0.1, 0.15) is 18.9 Å². The Morgan fingerprint density at radius 2 is 2.31 bits per heavy atom. The quantitative estimate of drug-likeness (QED) is 0.720. The number of phenols is 1. The SMILES string of the molecule is CC/C=C\c1cc(N=O)ccc1O. The number of hydrogen-bond acceptors (Lipinski definition) is 3. The first-order chi connectivity index (χ1) is 6.27. The van der Waals surface area contributed by atoms with Crippen LogP contribution in [0.4, 0.5) is 5.69 Å². The number of benzene rings is 1. The lowest BCUT2D eigenvalue weighted by Crippen LogP contribution is -1.73. The number of nitrogens with zero attached hydrogens (tertiary/aromatic N) is 1. The molecule has 0 aliphatic heterocycles. The summed E-state index contributed by atoms with van der Waals surface area (Å²) in [6.45, 7) is 2.00. The van der Waals surface area contributed by atoms with Crippen LogP contribution in [0.5, 0.6) is 5.75 Å². The van der Waals surface area contributed by atoms with Crippen molar-refractivity contribution < 1.29 is 5.11 Å². The molecular weight excluding hydrogens is 166 g/mol. The van der Waals surface area contributed by atoms with Crippen molar-refractivity contribution >= 4 is 11.8 Å². The molecule has 0 saturated carbocycles. The first-order valence-corrected chi connectivity index (χ1v) is 4.11. The summed E-state index contributed by atoms with van der Waals surface area (Å²) in [6, 6.07) is 4.49. The number of allylic oxidation sites excluding steroid dienone is 1. The van der Waals surface area contributed by atoms with Crippen molar-refractivity contribution in [3.05, 3.63) is 34.7 Å². The van der Waals surface area contributed by atoms with E-state index < -0.39 is 0 Å². The van der Waals surface area contributed by atoms with Gasteiger partial charge in [0.05, 0.1) is 0 Å². The number of hydrogen-bond donors (Lipinski definition) is 1. The summed E-state index contributed by atoms with van der Waals surface area (Å²) >= 11 is 0. The van der Waals surface area contributed by atoms with Gasteiger partial charge in [-0.3, -0.25) is 0 Å². The van der Waals surface area contributed by atoms with Crippen LogP contribution in [0.15, 0.2) is 29.5 Å². The van der Waals surface area contributed by atoms with Crippen molar-refractivity contribution in [3.8, 4) is 5.75 Å². The Kier molecular flexibility index (Phi) is 3.20. The summed E-state index contributed by atoms with van der Waals surface area (Å²) < 4.78 is 0. The van der Waals surface area contributed by atoms with Gasteiger partial charge < -0.3 is 5.11 Å². The fraction of sp³-hybridized carbons (Fsp3) is 0.200. The summed E-state index contributed by atoms with van der Waals surface area (Å²) in [5.41, 5.74) is 0.951. The molecule has 0 fully saturated rings. The molecule has 68 valence electrons. The molecule has 0 heterocycles.